The number of rotatable bonds is 7. The molecule has 25 heavy (non-hydrogen) atoms. The number of thiazole rings is 1. The maximum Gasteiger partial charge on any atom is 0.220 e. The lowest BCUT2D eigenvalue weighted by Crippen LogP contribution is -2.23. The van der Waals surface area contributed by atoms with Crippen molar-refractivity contribution in [2.24, 2.45) is 0 Å². The van der Waals surface area contributed by atoms with Crippen molar-refractivity contribution in [1.82, 2.24) is 15.3 Å². The van der Waals surface area contributed by atoms with Crippen LogP contribution in [0.5, 0.6) is 0 Å². The lowest BCUT2D eigenvalue weighted by atomic mass is 10.1. The maximum atomic E-state index is 12.0. The number of hydrogen-bond donors (Lipinski definition) is 1. The molecule has 2 heterocycles. The van der Waals surface area contributed by atoms with Crippen molar-refractivity contribution in [3.05, 3.63) is 71.4 Å². The zero-order chi connectivity index (χ0) is 17.5. The Labute approximate surface area is 149 Å². The van der Waals surface area contributed by atoms with E-state index in [1.54, 1.807) is 18.3 Å². The van der Waals surface area contributed by atoms with Gasteiger partial charge < -0.3 is 5.32 Å². The van der Waals surface area contributed by atoms with E-state index >= 15 is 0 Å². The van der Waals surface area contributed by atoms with E-state index in [0.29, 0.717) is 12.1 Å². The van der Waals surface area contributed by atoms with Gasteiger partial charge in [0, 0.05) is 30.0 Å². The minimum atomic E-state index is -0.156. The lowest BCUT2D eigenvalue weighted by molar-refractivity contribution is -0.121. The topological polar surface area (TPSA) is 72.0 Å². The van der Waals surface area contributed by atoms with Gasteiger partial charge in [-0.05, 0) is 12.1 Å². The molecule has 1 N–H and O–H groups in total. The molecule has 0 saturated carbocycles. The minimum absolute atomic E-state index is 0.0261. The second-order valence-electron chi connectivity index (χ2n) is 5.42. The van der Waals surface area contributed by atoms with Crippen LogP contribution in [0.2, 0.25) is 0 Å². The number of pyridine rings is 1. The van der Waals surface area contributed by atoms with Crippen molar-refractivity contribution in [2.45, 2.75) is 19.4 Å². The van der Waals surface area contributed by atoms with Crippen molar-refractivity contribution >= 4 is 23.0 Å². The second-order valence-corrected chi connectivity index (χ2v) is 6.28. The summed E-state index contributed by atoms with van der Waals surface area (Å²) >= 11 is 1.49. The van der Waals surface area contributed by atoms with Crippen molar-refractivity contribution in [3.63, 3.8) is 0 Å². The van der Waals surface area contributed by atoms with Gasteiger partial charge in [0.15, 0.2) is 5.78 Å². The van der Waals surface area contributed by atoms with E-state index in [1.165, 1.54) is 11.3 Å². The van der Waals surface area contributed by atoms with Gasteiger partial charge in [-0.15, -0.1) is 11.3 Å². The molecule has 0 radical (unpaired) electrons. The monoisotopic (exact) mass is 351 g/mol. The van der Waals surface area contributed by atoms with Crippen LogP contribution >= 0.6 is 11.3 Å². The standard InChI is InChI=1S/C19H17N3O2S/c23-17(14-6-2-1-3-7-14)9-10-18(24)21-12-15-13-25-19(22-15)16-8-4-5-11-20-16/h1-8,11,13H,9-10,12H2,(H,21,24). The number of carbonyl (C=O) groups is 2. The van der Waals surface area contributed by atoms with Crippen LogP contribution in [-0.2, 0) is 11.3 Å². The molecule has 0 saturated heterocycles. The fourth-order valence-corrected chi connectivity index (χ4v) is 3.06. The summed E-state index contributed by atoms with van der Waals surface area (Å²) in [4.78, 5) is 32.6. The Bertz CT molecular complexity index is 847. The number of nitrogens with zero attached hydrogens (tertiary/aromatic N) is 2. The first kappa shape index (κ1) is 17.0. The molecule has 5 nitrogen and oxygen atoms in total. The Morgan fingerprint density at radius 3 is 2.56 bits per heavy atom. The van der Waals surface area contributed by atoms with Gasteiger partial charge >= 0.3 is 0 Å². The summed E-state index contributed by atoms with van der Waals surface area (Å²) in [6.07, 6.45) is 2.10. The summed E-state index contributed by atoms with van der Waals surface area (Å²) in [5.41, 5.74) is 2.24. The zero-order valence-electron chi connectivity index (χ0n) is 13.5. The molecule has 1 amide bonds. The van der Waals surface area contributed by atoms with Crippen LogP contribution in [0.4, 0.5) is 0 Å². The van der Waals surface area contributed by atoms with E-state index in [4.69, 9.17) is 0 Å². The summed E-state index contributed by atoms with van der Waals surface area (Å²) in [5, 5.41) is 5.53. The van der Waals surface area contributed by atoms with E-state index in [1.807, 2.05) is 41.8 Å². The molecule has 0 bridgehead atoms. The molecule has 0 spiro atoms. The van der Waals surface area contributed by atoms with Crippen molar-refractivity contribution in [1.29, 1.82) is 0 Å². The SMILES string of the molecule is O=C(CCC(=O)c1ccccc1)NCc1csc(-c2ccccn2)n1. The smallest absolute Gasteiger partial charge is 0.220 e. The van der Waals surface area contributed by atoms with Gasteiger partial charge in [0.2, 0.25) is 5.91 Å². The van der Waals surface area contributed by atoms with E-state index in [0.717, 1.165) is 16.4 Å². The van der Waals surface area contributed by atoms with Crippen LogP contribution in [0, 0.1) is 0 Å². The normalized spacial score (nSPS) is 10.4. The molecular formula is C19H17N3O2S. The molecule has 0 unspecified atom stereocenters. The van der Waals surface area contributed by atoms with E-state index in [9.17, 15) is 9.59 Å². The van der Waals surface area contributed by atoms with Gasteiger partial charge in [-0.1, -0.05) is 36.4 Å². The van der Waals surface area contributed by atoms with Gasteiger partial charge in [-0.2, -0.15) is 0 Å². The van der Waals surface area contributed by atoms with Gasteiger partial charge in [-0.3, -0.25) is 14.6 Å². The number of Topliss-reactive ketones (excluding diaryl/α,β-unsaturated/α-hetero) is 1. The molecule has 0 aliphatic carbocycles. The third-order valence-corrected chi connectivity index (χ3v) is 4.49. The Hall–Kier alpha value is -2.86. The van der Waals surface area contributed by atoms with E-state index in [2.05, 4.69) is 15.3 Å². The first-order chi connectivity index (χ1) is 12.2. The fraction of sp³-hybridized carbons (Fsp3) is 0.158. The van der Waals surface area contributed by atoms with Crippen molar-refractivity contribution in [2.75, 3.05) is 0 Å². The van der Waals surface area contributed by atoms with Gasteiger partial charge in [-0.25, -0.2) is 4.98 Å². The van der Waals surface area contributed by atoms with Crippen LogP contribution in [0.1, 0.15) is 28.9 Å². The molecule has 6 heteroatoms. The number of benzene rings is 1. The Kier molecular flexibility index (Phi) is 5.64. The molecule has 3 aromatic rings. The molecular weight excluding hydrogens is 334 g/mol. The van der Waals surface area contributed by atoms with E-state index in [-0.39, 0.29) is 24.5 Å². The number of aromatic nitrogens is 2. The number of ketones is 1. The molecule has 0 aliphatic rings. The third-order valence-electron chi connectivity index (χ3n) is 3.58. The lowest BCUT2D eigenvalue weighted by Gasteiger charge is -2.03. The Morgan fingerprint density at radius 2 is 1.80 bits per heavy atom. The average Bonchev–Trinajstić information content (AvgIpc) is 3.15. The fourth-order valence-electron chi connectivity index (χ4n) is 2.27. The second kappa shape index (κ2) is 8.30. The van der Waals surface area contributed by atoms with Crippen LogP contribution in [0.25, 0.3) is 10.7 Å². The highest BCUT2D eigenvalue weighted by Gasteiger charge is 2.10. The average molecular weight is 351 g/mol. The molecule has 0 aliphatic heterocycles. The quantitative estimate of drug-likeness (QED) is 0.662. The first-order valence-corrected chi connectivity index (χ1v) is 8.81. The minimum Gasteiger partial charge on any atom is -0.350 e. The van der Waals surface area contributed by atoms with Crippen LogP contribution in [0.15, 0.2) is 60.1 Å². The largest absolute Gasteiger partial charge is 0.350 e. The summed E-state index contributed by atoms with van der Waals surface area (Å²) in [7, 11) is 0. The molecule has 126 valence electrons. The van der Waals surface area contributed by atoms with Crippen molar-refractivity contribution < 1.29 is 9.59 Å². The highest BCUT2D eigenvalue weighted by Crippen LogP contribution is 2.21. The summed E-state index contributed by atoms with van der Waals surface area (Å²) in [6.45, 7) is 0.349. The van der Waals surface area contributed by atoms with Crippen LogP contribution in [0.3, 0.4) is 0 Å². The maximum absolute atomic E-state index is 12.0. The highest BCUT2D eigenvalue weighted by atomic mass is 32.1. The molecule has 0 atom stereocenters. The van der Waals surface area contributed by atoms with Crippen LogP contribution in [-0.4, -0.2) is 21.7 Å². The predicted octanol–water partition coefficient (Wildman–Crippen LogP) is 3.48. The van der Waals surface area contributed by atoms with Crippen LogP contribution < -0.4 is 5.32 Å². The Balaban J connectivity index is 1.47. The predicted molar refractivity (Wildman–Crippen MR) is 97.2 cm³/mol. The van der Waals surface area contributed by atoms with Crippen molar-refractivity contribution in [3.8, 4) is 10.7 Å². The van der Waals surface area contributed by atoms with Gasteiger partial charge in [0.25, 0.3) is 0 Å². The van der Waals surface area contributed by atoms with Gasteiger partial charge in [0.05, 0.1) is 17.9 Å². The van der Waals surface area contributed by atoms with Gasteiger partial charge in [0.1, 0.15) is 5.01 Å². The first-order valence-electron chi connectivity index (χ1n) is 7.93. The molecule has 0 fully saturated rings. The molecule has 2 aromatic heterocycles. The summed E-state index contributed by atoms with van der Waals surface area (Å²) in [6, 6.07) is 14.7. The Morgan fingerprint density at radius 1 is 1.00 bits per heavy atom. The van der Waals surface area contributed by atoms with E-state index < -0.39 is 0 Å². The zero-order valence-corrected chi connectivity index (χ0v) is 14.3. The summed E-state index contributed by atoms with van der Waals surface area (Å²) < 4.78 is 0. The summed E-state index contributed by atoms with van der Waals surface area (Å²) in [5.74, 6) is -0.182. The third kappa shape index (κ3) is 4.81. The number of carbonyl (C=O) groups excluding carboxylic acids is 2. The number of nitrogens with one attached hydrogen (secondary N) is 1. The highest BCUT2D eigenvalue weighted by molar-refractivity contribution is 7.13. The number of hydrogen-bond acceptors (Lipinski definition) is 5. The number of amides is 1. The molecule has 3 rings (SSSR count). The molecule has 1 aromatic carbocycles.